The molecule has 7 atom stereocenters. The molecule has 0 aromatic heterocycles. The average Bonchev–Trinajstić information content (AvgIpc) is 2.76. The molecule has 2 bridgehead atoms. The summed E-state index contributed by atoms with van der Waals surface area (Å²) in [6, 6.07) is 0. The van der Waals surface area contributed by atoms with Crippen LogP contribution >= 0.6 is 0 Å². The predicted octanol–water partition coefficient (Wildman–Crippen LogP) is 4.01. The number of hydrogen-bond acceptors (Lipinski definition) is 0. The van der Waals surface area contributed by atoms with E-state index in [9.17, 15) is 0 Å². The highest BCUT2D eigenvalue weighted by Crippen LogP contribution is 2.97. The van der Waals surface area contributed by atoms with Gasteiger partial charge < -0.3 is 0 Å². The van der Waals surface area contributed by atoms with Crippen LogP contribution in [0.2, 0.25) is 25.2 Å². The Labute approximate surface area is 94.8 Å². The second-order valence-corrected chi connectivity index (χ2v) is 13.7. The monoisotopic (exact) mass is 220 g/mol. The molecule has 7 unspecified atom stereocenters. The minimum absolute atomic E-state index is 0.891. The second-order valence-electron chi connectivity index (χ2n) is 8.27. The molecule has 0 heterocycles. The molecular weight excluding hydrogens is 196 g/mol. The molecule has 1 heteroatoms. The van der Waals surface area contributed by atoms with Gasteiger partial charge in [-0.1, -0.05) is 33.5 Å². The van der Waals surface area contributed by atoms with Gasteiger partial charge in [0.15, 0.2) is 0 Å². The average molecular weight is 220 g/mol. The number of hydrogen-bond donors (Lipinski definition) is 0. The van der Waals surface area contributed by atoms with Crippen LogP contribution in [0.4, 0.5) is 0 Å². The van der Waals surface area contributed by atoms with E-state index in [1.165, 1.54) is 17.4 Å². The van der Waals surface area contributed by atoms with Crippen LogP contribution in [-0.2, 0) is 0 Å². The van der Waals surface area contributed by atoms with Crippen LogP contribution in [0.1, 0.15) is 26.7 Å². The van der Waals surface area contributed by atoms with Crippen molar-refractivity contribution in [2.45, 2.75) is 51.9 Å². The van der Waals surface area contributed by atoms with Crippen LogP contribution < -0.4 is 0 Å². The fourth-order valence-corrected chi connectivity index (χ4v) is 9.78. The van der Waals surface area contributed by atoms with Gasteiger partial charge in [-0.3, -0.25) is 0 Å². The fraction of sp³-hybridized carbons (Fsp3) is 1.00. The van der Waals surface area contributed by atoms with Crippen LogP contribution in [0.15, 0.2) is 0 Å². The minimum atomic E-state index is -0.900. The summed E-state index contributed by atoms with van der Waals surface area (Å²) in [4.78, 5) is 0. The summed E-state index contributed by atoms with van der Waals surface area (Å²) in [6.45, 7) is 13.0. The molecule has 4 aliphatic rings. The Balaban J connectivity index is 1.78. The Morgan fingerprint density at radius 1 is 1.00 bits per heavy atom. The zero-order valence-corrected chi connectivity index (χ0v) is 11.8. The Morgan fingerprint density at radius 2 is 1.67 bits per heavy atom. The molecule has 4 fully saturated rings. The third-order valence-corrected chi connectivity index (χ3v) is 10.0. The highest BCUT2D eigenvalue weighted by molar-refractivity contribution is 6.77. The van der Waals surface area contributed by atoms with Gasteiger partial charge in [-0.2, -0.15) is 0 Å². The van der Waals surface area contributed by atoms with E-state index in [1.807, 2.05) is 0 Å². The molecule has 15 heavy (non-hydrogen) atoms. The van der Waals surface area contributed by atoms with Crippen LogP contribution in [0.3, 0.4) is 0 Å². The summed E-state index contributed by atoms with van der Waals surface area (Å²) >= 11 is 0. The molecule has 0 aromatic rings. The maximum absolute atomic E-state index is 2.62. The van der Waals surface area contributed by atoms with Crippen LogP contribution in [0.5, 0.6) is 0 Å². The van der Waals surface area contributed by atoms with E-state index in [4.69, 9.17) is 0 Å². The SMILES string of the molecule is CC1C2C3C(C)C34CC12CC4[Si](C)(C)C. The van der Waals surface area contributed by atoms with Crippen molar-refractivity contribution in [3.63, 3.8) is 0 Å². The van der Waals surface area contributed by atoms with Gasteiger partial charge in [0, 0.05) is 8.07 Å². The lowest BCUT2D eigenvalue weighted by molar-refractivity contribution is 0.431. The zero-order chi connectivity index (χ0) is 10.8. The smallest absolute Gasteiger partial charge is 0.0479 e. The first-order chi connectivity index (χ1) is 6.86. The van der Waals surface area contributed by atoms with Crippen molar-refractivity contribution in [1.82, 2.24) is 0 Å². The van der Waals surface area contributed by atoms with Gasteiger partial charge >= 0.3 is 0 Å². The Hall–Kier alpha value is 0.217. The first kappa shape index (κ1) is 9.27. The molecule has 0 radical (unpaired) electrons. The van der Waals surface area contributed by atoms with Gasteiger partial charge in [-0.15, -0.1) is 0 Å². The van der Waals surface area contributed by atoms with Gasteiger partial charge in [0.1, 0.15) is 0 Å². The summed E-state index contributed by atoms with van der Waals surface area (Å²) < 4.78 is 0. The number of rotatable bonds is 1. The van der Waals surface area contributed by atoms with Crippen molar-refractivity contribution >= 4 is 8.07 Å². The largest absolute Gasteiger partial charge is 0.0693 e. The summed E-state index contributed by atoms with van der Waals surface area (Å²) in [5.41, 5.74) is 2.95. The summed E-state index contributed by atoms with van der Waals surface area (Å²) in [5.74, 6) is 4.56. The topological polar surface area (TPSA) is 0 Å². The molecular formula is C14H24Si. The second kappa shape index (κ2) is 2.00. The highest BCUT2D eigenvalue weighted by atomic mass is 28.3. The highest BCUT2D eigenvalue weighted by Gasteiger charge is 2.90. The molecule has 0 N–H and O–H groups in total. The van der Waals surface area contributed by atoms with Crippen molar-refractivity contribution < 1.29 is 0 Å². The molecule has 4 saturated carbocycles. The van der Waals surface area contributed by atoms with Crippen LogP contribution in [-0.4, -0.2) is 8.07 Å². The van der Waals surface area contributed by atoms with E-state index in [0.717, 1.165) is 22.7 Å². The van der Waals surface area contributed by atoms with Crippen molar-refractivity contribution in [2.75, 3.05) is 0 Å². The predicted molar refractivity (Wildman–Crippen MR) is 66.5 cm³/mol. The van der Waals surface area contributed by atoms with Gasteiger partial charge in [0.25, 0.3) is 0 Å². The fourth-order valence-electron chi connectivity index (χ4n) is 6.62. The molecule has 0 aliphatic heterocycles. The maximum atomic E-state index is 2.62. The standard InChI is InChI=1S/C14H24Si/c1-8-11-12-9(2)14(12)7-13(8,11)6-10(14)15(3,4)5/h8-12H,6-7H2,1-5H3. The molecule has 4 rings (SSSR count). The van der Waals surface area contributed by atoms with Gasteiger partial charge in [0.05, 0.1) is 0 Å². The van der Waals surface area contributed by atoms with Crippen LogP contribution in [0.25, 0.3) is 0 Å². The van der Waals surface area contributed by atoms with Crippen molar-refractivity contribution in [2.24, 2.45) is 34.5 Å². The molecule has 0 saturated heterocycles. The molecule has 4 aliphatic carbocycles. The van der Waals surface area contributed by atoms with E-state index >= 15 is 0 Å². The third kappa shape index (κ3) is 0.696. The molecule has 0 amide bonds. The van der Waals surface area contributed by atoms with E-state index < -0.39 is 8.07 Å². The van der Waals surface area contributed by atoms with Crippen molar-refractivity contribution in [1.29, 1.82) is 0 Å². The molecule has 84 valence electrons. The Kier molecular flexibility index (Phi) is 1.24. The first-order valence-electron chi connectivity index (χ1n) is 6.86. The van der Waals surface area contributed by atoms with Crippen molar-refractivity contribution in [3.05, 3.63) is 0 Å². The maximum Gasteiger partial charge on any atom is 0.0479 e. The van der Waals surface area contributed by atoms with E-state index in [0.29, 0.717) is 0 Å². The lowest BCUT2D eigenvalue weighted by Gasteiger charge is -2.33. The van der Waals surface area contributed by atoms with Gasteiger partial charge in [-0.25, -0.2) is 0 Å². The van der Waals surface area contributed by atoms with Gasteiger partial charge in [0.2, 0.25) is 0 Å². The summed E-state index contributed by atoms with van der Waals surface area (Å²) in [6.07, 6.45) is 3.28. The lowest BCUT2D eigenvalue weighted by Crippen LogP contribution is -2.33. The van der Waals surface area contributed by atoms with E-state index in [-0.39, 0.29) is 0 Å². The third-order valence-electron chi connectivity index (χ3n) is 7.20. The molecule has 2 spiro atoms. The number of fused-ring (bicyclic) bond motifs is 1. The van der Waals surface area contributed by atoms with E-state index in [2.05, 4.69) is 33.5 Å². The molecule has 0 aromatic carbocycles. The first-order valence-corrected chi connectivity index (χ1v) is 10.4. The summed E-state index contributed by atoms with van der Waals surface area (Å²) in [7, 11) is -0.900. The molecule has 0 nitrogen and oxygen atoms in total. The van der Waals surface area contributed by atoms with Gasteiger partial charge in [-0.05, 0) is 52.9 Å². The quantitative estimate of drug-likeness (QED) is 0.586. The van der Waals surface area contributed by atoms with E-state index in [1.54, 1.807) is 12.8 Å². The lowest BCUT2D eigenvalue weighted by atomic mass is 9.99. The normalized spacial score (nSPS) is 69.0. The Morgan fingerprint density at radius 3 is 2.20 bits per heavy atom. The summed E-state index contributed by atoms with van der Waals surface area (Å²) in [5, 5.41) is 0. The zero-order valence-electron chi connectivity index (χ0n) is 10.8. The Bertz CT molecular complexity index is 355. The van der Waals surface area contributed by atoms with Crippen LogP contribution in [0, 0.1) is 34.5 Å². The minimum Gasteiger partial charge on any atom is -0.0693 e. The van der Waals surface area contributed by atoms with Crippen molar-refractivity contribution in [3.8, 4) is 0 Å².